The third kappa shape index (κ3) is 29.2. The Morgan fingerprint density at radius 1 is 0.646 bits per heavy atom. The minimum Gasteiger partial charge on any atom is -0.477 e. The molecule has 0 bridgehead atoms. The summed E-state index contributed by atoms with van der Waals surface area (Å²) in [6, 6.07) is -0.625. The number of esters is 2. The van der Waals surface area contributed by atoms with Gasteiger partial charge >= 0.3 is 17.9 Å². The van der Waals surface area contributed by atoms with Crippen molar-refractivity contribution in [3.05, 3.63) is 60.8 Å². The molecule has 0 fully saturated rings. The number of carbonyl (C=O) groups excluding carboxylic acids is 2. The molecule has 0 rings (SSSR count). The highest BCUT2D eigenvalue weighted by Crippen LogP contribution is 2.11. The number of nitrogens with zero attached hydrogens (tertiary/aromatic N) is 1. The SMILES string of the molecule is CC/C=C/C/C=C/C/C=C/C/C=C/CCCCCC(=O)OCC(COCCC(C(=O)O)[N+](C)(C)C)OC(=O)CC/C=C/CCCCCC. The molecular formula is C40H68NO7+. The Morgan fingerprint density at radius 2 is 1.21 bits per heavy atom. The van der Waals surface area contributed by atoms with Crippen molar-refractivity contribution in [1.82, 2.24) is 0 Å². The van der Waals surface area contributed by atoms with Gasteiger partial charge in [-0.05, 0) is 64.2 Å². The van der Waals surface area contributed by atoms with E-state index in [4.69, 9.17) is 14.2 Å². The van der Waals surface area contributed by atoms with Crippen LogP contribution in [0.5, 0.6) is 0 Å². The number of carboxylic acid groups (broad SMARTS) is 1. The molecule has 0 heterocycles. The van der Waals surface area contributed by atoms with Gasteiger partial charge in [0.05, 0.1) is 34.4 Å². The number of likely N-dealkylation sites (N-methyl/N-ethyl adjacent to an activating group) is 1. The van der Waals surface area contributed by atoms with E-state index in [0.717, 1.165) is 64.2 Å². The number of aliphatic carboxylic acids is 1. The summed E-state index contributed by atoms with van der Waals surface area (Å²) in [4.78, 5) is 36.6. The van der Waals surface area contributed by atoms with Gasteiger partial charge in [0.1, 0.15) is 6.61 Å². The number of ether oxygens (including phenoxy) is 3. The second kappa shape index (κ2) is 31.3. The van der Waals surface area contributed by atoms with Gasteiger partial charge in [-0.1, -0.05) is 100 Å². The molecule has 0 aliphatic rings. The van der Waals surface area contributed by atoms with E-state index in [1.807, 2.05) is 27.2 Å². The van der Waals surface area contributed by atoms with Crippen molar-refractivity contribution in [2.45, 2.75) is 135 Å². The van der Waals surface area contributed by atoms with Crippen LogP contribution in [0.3, 0.4) is 0 Å². The maximum atomic E-state index is 12.5. The number of allylic oxidation sites excluding steroid dienone is 10. The van der Waals surface area contributed by atoms with Crippen LogP contribution in [0.25, 0.3) is 0 Å². The molecule has 2 unspecified atom stereocenters. The number of hydrogen-bond acceptors (Lipinski definition) is 6. The smallest absolute Gasteiger partial charge is 0.362 e. The van der Waals surface area contributed by atoms with Gasteiger partial charge in [-0.2, -0.15) is 0 Å². The first-order chi connectivity index (χ1) is 23.1. The molecule has 8 nitrogen and oxygen atoms in total. The second-order valence-corrected chi connectivity index (χ2v) is 13.1. The lowest BCUT2D eigenvalue weighted by Gasteiger charge is -2.31. The van der Waals surface area contributed by atoms with Crippen molar-refractivity contribution in [1.29, 1.82) is 0 Å². The van der Waals surface area contributed by atoms with Crippen LogP contribution in [0.2, 0.25) is 0 Å². The zero-order valence-electron chi connectivity index (χ0n) is 30.9. The second-order valence-electron chi connectivity index (χ2n) is 13.1. The van der Waals surface area contributed by atoms with E-state index in [2.05, 4.69) is 68.5 Å². The quantitative estimate of drug-likeness (QED) is 0.0339. The Morgan fingerprint density at radius 3 is 1.79 bits per heavy atom. The predicted molar refractivity (Wildman–Crippen MR) is 197 cm³/mol. The average Bonchev–Trinajstić information content (AvgIpc) is 3.03. The molecule has 8 heteroatoms. The van der Waals surface area contributed by atoms with Crippen molar-refractivity contribution in [2.24, 2.45) is 0 Å². The fourth-order valence-corrected chi connectivity index (χ4v) is 4.80. The number of carbonyl (C=O) groups is 3. The Kier molecular flexibility index (Phi) is 29.4. The highest BCUT2D eigenvalue weighted by molar-refractivity contribution is 5.72. The minimum absolute atomic E-state index is 0.0324. The molecule has 0 amide bonds. The van der Waals surface area contributed by atoms with Crippen molar-refractivity contribution < 1.29 is 38.2 Å². The van der Waals surface area contributed by atoms with Crippen molar-refractivity contribution >= 4 is 17.9 Å². The lowest BCUT2D eigenvalue weighted by atomic mass is 10.1. The molecule has 274 valence electrons. The summed E-state index contributed by atoms with van der Waals surface area (Å²) in [6.07, 6.45) is 35.7. The number of hydrogen-bond donors (Lipinski definition) is 1. The molecule has 1 N–H and O–H groups in total. The van der Waals surface area contributed by atoms with E-state index >= 15 is 0 Å². The van der Waals surface area contributed by atoms with Crippen molar-refractivity contribution in [2.75, 3.05) is 41.0 Å². The van der Waals surface area contributed by atoms with Gasteiger partial charge in [0.25, 0.3) is 0 Å². The van der Waals surface area contributed by atoms with Gasteiger partial charge in [0.15, 0.2) is 12.1 Å². The molecule has 0 saturated heterocycles. The molecule has 0 saturated carbocycles. The minimum atomic E-state index is -0.889. The summed E-state index contributed by atoms with van der Waals surface area (Å²) in [5, 5.41) is 9.55. The van der Waals surface area contributed by atoms with Crippen molar-refractivity contribution in [3.8, 4) is 0 Å². The molecule has 0 aromatic rings. The van der Waals surface area contributed by atoms with Gasteiger partial charge in [-0.3, -0.25) is 9.59 Å². The third-order valence-electron chi connectivity index (χ3n) is 7.66. The summed E-state index contributed by atoms with van der Waals surface area (Å²) in [5.74, 6) is -1.59. The number of quaternary nitrogens is 1. The Balaban J connectivity index is 4.49. The fourth-order valence-electron chi connectivity index (χ4n) is 4.80. The van der Waals surface area contributed by atoms with Crippen LogP contribution in [0.15, 0.2) is 60.8 Å². The van der Waals surface area contributed by atoms with E-state index < -0.39 is 18.1 Å². The van der Waals surface area contributed by atoms with Crippen LogP contribution >= 0.6 is 0 Å². The van der Waals surface area contributed by atoms with Gasteiger partial charge in [-0.15, -0.1) is 0 Å². The topological polar surface area (TPSA) is 99.1 Å². The van der Waals surface area contributed by atoms with Crippen LogP contribution in [0, 0.1) is 0 Å². The van der Waals surface area contributed by atoms with E-state index in [9.17, 15) is 19.5 Å². The number of carboxylic acids is 1. The third-order valence-corrected chi connectivity index (χ3v) is 7.66. The van der Waals surface area contributed by atoms with Gasteiger partial charge in [-0.25, -0.2) is 4.79 Å². The van der Waals surface area contributed by atoms with Gasteiger partial charge < -0.3 is 23.8 Å². The van der Waals surface area contributed by atoms with Gasteiger partial charge in [0.2, 0.25) is 0 Å². The zero-order chi connectivity index (χ0) is 35.7. The highest BCUT2D eigenvalue weighted by atomic mass is 16.6. The summed E-state index contributed by atoms with van der Waals surface area (Å²) >= 11 is 0. The maximum absolute atomic E-state index is 12.5. The molecule has 2 atom stereocenters. The Bertz CT molecular complexity index is 975. The fraction of sp³-hybridized carbons (Fsp3) is 0.675. The molecule has 0 aliphatic carbocycles. The van der Waals surface area contributed by atoms with Crippen molar-refractivity contribution in [3.63, 3.8) is 0 Å². The lowest BCUT2D eigenvalue weighted by Crippen LogP contribution is -2.50. The zero-order valence-corrected chi connectivity index (χ0v) is 30.9. The van der Waals surface area contributed by atoms with E-state index in [0.29, 0.717) is 19.3 Å². The standard InChI is InChI=1S/C40H67NO7/c1-6-8-10-12-14-16-17-18-19-20-21-22-23-25-26-28-30-38(42)47-35-36(34-46-33-32-37(40(44)45)41(3,4)5)48-39(43)31-29-27-24-15-13-11-9-7-2/h8,10,14,16,18-19,21-22,24,27,36-37H,6-7,9,11-13,15,17,20,23,25-26,28-35H2,1-5H3/p+1/b10-8+,16-14+,19-18+,22-21+,27-24+. The van der Waals surface area contributed by atoms with E-state index in [-0.39, 0.29) is 42.7 Å². The average molecular weight is 675 g/mol. The van der Waals surface area contributed by atoms with Crippen LogP contribution in [0.1, 0.15) is 123 Å². The summed E-state index contributed by atoms with van der Waals surface area (Å²) in [6.45, 7) is 4.46. The number of unbranched alkanes of at least 4 members (excludes halogenated alkanes) is 7. The largest absolute Gasteiger partial charge is 0.477 e. The Labute approximate surface area is 292 Å². The summed E-state index contributed by atoms with van der Waals surface area (Å²) < 4.78 is 17.0. The maximum Gasteiger partial charge on any atom is 0.362 e. The summed E-state index contributed by atoms with van der Waals surface area (Å²) in [7, 11) is 5.48. The lowest BCUT2D eigenvalue weighted by molar-refractivity contribution is -0.887. The molecule has 0 aromatic heterocycles. The molecule has 0 radical (unpaired) electrons. The number of rotatable bonds is 31. The molecule has 48 heavy (non-hydrogen) atoms. The first-order valence-electron chi connectivity index (χ1n) is 18.3. The molecule has 0 spiro atoms. The Hall–Kier alpha value is -2.97. The summed E-state index contributed by atoms with van der Waals surface area (Å²) in [5.41, 5.74) is 0. The normalized spacial score (nSPS) is 13.8. The van der Waals surface area contributed by atoms with Crippen LogP contribution in [-0.2, 0) is 28.6 Å². The van der Waals surface area contributed by atoms with E-state index in [1.54, 1.807) is 0 Å². The first-order valence-corrected chi connectivity index (χ1v) is 18.3. The molecular weight excluding hydrogens is 606 g/mol. The highest BCUT2D eigenvalue weighted by Gasteiger charge is 2.31. The first kappa shape index (κ1) is 45.0. The van der Waals surface area contributed by atoms with E-state index in [1.165, 1.54) is 19.3 Å². The van der Waals surface area contributed by atoms with Gasteiger partial charge in [0, 0.05) is 19.3 Å². The molecule has 0 aromatic carbocycles. The monoisotopic (exact) mass is 674 g/mol. The van der Waals surface area contributed by atoms with Crippen LogP contribution in [0.4, 0.5) is 0 Å². The van der Waals surface area contributed by atoms with Crippen LogP contribution in [-0.4, -0.2) is 80.6 Å². The van der Waals surface area contributed by atoms with Crippen LogP contribution < -0.4 is 0 Å². The predicted octanol–water partition coefficient (Wildman–Crippen LogP) is 9.07. The molecule has 0 aliphatic heterocycles.